The molecule has 184 valence electrons. The van der Waals surface area contributed by atoms with Crippen molar-refractivity contribution in [1.82, 2.24) is 44.7 Å². The molecule has 5 heterocycles. The van der Waals surface area contributed by atoms with E-state index in [1.54, 1.807) is 41.8 Å². The maximum atomic E-state index is 14.5. The second kappa shape index (κ2) is 8.02. The van der Waals surface area contributed by atoms with Crippen LogP contribution in [0, 0.1) is 18.8 Å². The molecule has 13 heteroatoms. The summed E-state index contributed by atoms with van der Waals surface area (Å²) >= 11 is 12.7. The number of hydrogen-bond donors (Lipinski definition) is 1. The minimum absolute atomic E-state index is 0.0958. The van der Waals surface area contributed by atoms with Gasteiger partial charge in [-0.25, -0.2) is 15.0 Å². The van der Waals surface area contributed by atoms with Gasteiger partial charge in [-0.2, -0.15) is 9.07 Å². The fourth-order valence-corrected chi connectivity index (χ4v) is 5.55. The van der Waals surface area contributed by atoms with Crippen molar-refractivity contribution < 1.29 is 4.39 Å². The lowest BCUT2D eigenvalue weighted by atomic mass is 10.1. The topological polar surface area (TPSA) is 120 Å². The highest BCUT2D eigenvalue weighted by atomic mass is 35.5. The van der Waals surface area contributed by atoms with Crippen LogP contribution in [0.5, 0.6) is 0 Å². The average Bonchev–Trinajstić information content (AvgIpc) is 3.17. The van der Waals surface area contributed by atoms with Crippen LogP contribution in [0.25, 0.3) is 28.2 Å². The number of rotatable bonds is 4. The highest BCUT2D eigenvalue weighted by Gasteiger charge is 2.55. The number of tetrazole rings is 1. The second-order valence-electron chi connectivity index (χ2n) is 9.15. The molecule has 37 heavy (non-hydrogen) atoms. The van der Waals surface area contributed by atoms with Gasteiger partial charge in [-0.1, -0.05) is 23.2 Å². The van der Waals surface area contributed by atoms with Gasteiger partial charge in [-0.3, -0.25) is 9.36 Å². The molecule has 0 saturated heterocycles. The Bertz CT molecular complexity index is 1760. The molecule has 1 N–H and O–H groups in total. The molecule has 3 unspecified atom stereocenters. The number of nitrogens with one attached hydrogen (secondary N) is 1. The molecule has 0 spiro atoms. The van der Waals surface area contributed by atoms with Crippen LogP contribution in [-0.2, 0) is 0 Å². The highest BCUT2D eigenvalue weighted by Crippen LogP contribution is 2.60. The Kier molecular flexibility index (Phi) is 4.82. The predicted molar refractivity (Wildman–Crippen MR) is 132 cm³/mol. The minimum Gasteiger partial charge on any atom is -0.331 e. The Morgan fingerprint density at radius 1 is 1.08 bits per heavy atom. The summed E-state index contributed by atoms with van der Waals surface area (Å²) in [7, 11) is 0. The van der Waals surface area contributed by atoms with Crippen LogP contribution >= 0.6 is 23.2 Å². The van der Waals surface area contributed by atoms with Crippen LogP contribution in [0.4, 0.5) is 4.39 Å². The molecule has 1 aliphatic carbocycles. The van der Waals surface area contributed by atoms with E-state index in [1.165, 1.54) is 17.1 Å². The number of H-pyrrole nitrogens is 1. The van der Waals surface area contributed by atoms with E-state index >= 15 is 0 Å². The molecule has 1 fully saturated rings. The van der Waals surface area contributed by atoms with E-state index in [0.717, 1.165) is 6.42 Å². The predicted octanol–water partition coefficient (Wildman–Crippen LogP) is 4.13. The van der Waals surface area contributed by atoms with E-state index in [9.17, 15) is 9.18 Å². The largest absolute Gasteiger partial charge is 0.331 e. The Morgan fingerprint density at radius 2 is 1.95 bits per heavy atom. The Hall–Kier alpha value is -3.96. The summed E-state index contributed by atoms with van der Waals surface area (Å²) in [6, 6.07) is 9.60. The van der Waals surface area contributed by atoms with Crippen molar-refractivity contribution in [2.75, 3.05) is 0 Å². The quantitative estimate of drug-likeness (QED) is 0.343. The second-order valence-corrected chi connectivity index (χ2v) is 9.96. The van der Waals surface area contributed by atoms with Gasteiger partial charge < -0.3 is 4.98 Å². The number of halogens is 3. The van der Waals surface area contributed by atoms with E-state index in [0.29, 0.717) is 39.3 Å². The first-order chi connectivity index (χ1) is 17.9. The number of pyridine rings is 1. The standard InChI is InChI=1S/C24H16Cl2FN9O/c1-10-2-4-12(22(27)29-10)19-21(26)32-23(31-19)20-13-7-14(13)24-30-16(8-18(37)36(20)24)15-6-11(25)3-5-17(15)35-9-28-33-34-35/h2-6,8-9,13-14,20H,7H2,1H3,(H,31,32). The van der Waals surface area contributed by atoms with Gasteiger partial charge in [0.2, 0.25) is 5.95 Å². The third-order valence-corrected chi connectivity index (χ3v) is 7.37. The highest BCUT2D eigenvalue weighted by molar-refractivity contribution is 6.32. The van der Waals surface area contributed by atoms with Crippen LogP contribution in [0.15, 0.2) is 47.5 Å². The van der Waals surface area contributed by atoms with Gasteiger partial charge in [0.1, 0.15) is 28.8 Å². The molecule has 0 amide bonds. The number of nitrogens with zero attached hydrogens (tertiary/aromatic N) is 8. The summed E-state index contributed by atoms with van der Waals surface area (Å²) < 4.78 is 17.7. The van der Waals surface area contributed by atoms with Crippen molar-refractivity contribution in [3.8, 4) is 28.2 Å². The molecule has 1 saturated carbocycles. The van der Waals surface area contributed by atoms with Gasteiger partial charge in [-0.15, -0.1) is 5.10 Å². The van der Waals surface area contributed by atoms with Crippen LogP contribution in [0.3, 0.4) is 0 Å². The van der Waals surface area contributed by atoms with Gasteiger partial charge in [-0.05, 0) is 60.0 Å². The Labute approximate surface area is 218 Å². The maximum absolute atomic E-state index is 14.5. The van der Waals surface area contributed by atoms with Crippen LogP contribution in [0.1, 0.15) is 35.7 Å². The minimum atomic E-state index is -0.653. The van der Waals surface area contributed by atoms with Gasteiger partial charge in [0.25, 0.3) is 5.56 Å². The molecule has 5 aromatic rings. The summed E-state index contributed by atoms with van der Waals surface area (Å²) in [6.45, 7) is 1.70. The monoisotopic (exact) mass is 535 g/mol. The molecule has 0 radical (unpaired) electrons. The molecule has 1 aromatic carbocycles. The zero-order valence-corrected chi connectivity index (χ0v) is 20.6. The van der Waals surface area contributed by atoms with Crippen molar-refractivity contribution in [3.63, 3.8) is 0 Å². The molecule has 4 aromatic heterocycles. The van der Waals surface area contributed by atoms with E-state index in [-0.39, 0.29) is 39.8 Å². The van der Waals surface area contributed by atoms with Crippen molar-refractivity contribution >= 4 is 23.2 Å². The Balaban J connectivity index is 1.33. The van der Waals surface area contributed by atoms with Gasteiger partial charge in [0, 0.05) is 28.3 Å². The first-order valence-corrected chi connectivity index (χ1v) is 12.2. The molecule has 1 aliphatic heterocycles. The zero-order valence-electron chi connectivity index (χ0n) is 19.1. The lowest BCUT2D eigenvalue weighted by Gasteiger charge is -2.17. The van der Waals surface area contributed by atoms with Crippen molar-refractivity contribution in [2.45, 2.75) is 25.3 Å². The van der Waals surface area contributed by atoms with Gasteiger partial charge in [0.15, 0.2) is 0 Å². The van der Waals surface area contributed by atoms with Crippen LogP contribution < -0.4 is 5.56 Å². The number of benzene rings is 1. The molecule has 10 nitrogen and oxygen atoms in total. The summed E-state index contributed by atoms with van der Waals surface area (Å²) in [5.41, 5.74) is 2.51. The fraction of sp³-hybridized carbons (Fsp3) is 0.208. The van der Waals surface area contributed by atoms with Crippen molar-refractivity contribution in [2.24, 2.45) is 5.92 Å². The van der Waals surface area contributed by atoms with Crippen molar-refractivity contribution in [1.29, 1.82) is 0 Å². The smallest absolute Gasteiger partial charge is 0.254 e. The molecular formula is C24H16Cl2FN9O. The molecule has 2 aliphatic rings. The average molecular weight is 536 g/mol. The van der Waals surface area contributed by atoms with Gasteiger partial charge >= 0.3 is 0 Å². The number of aromatic nitrogens is 9. The number of fused-ring (bicyclic) bond motifs is 3. The summed E-state index contributed by atoms with van der Waals surface area (Å²) in [5, 5.41) is 12.0. The summed E-state index contributed by atoms with van der Waals surface area (Å²) in [4.78, 5) is 29.9. The summed E-state index contributed by atoms with van der Waals surface area (Å²) in [6.07, 6.45) is 2.31. The molecule has 7 rings (SSSR count). The van der Waals surface area contributed by atoms with Gasteiger partial charge in [0.05, 0.1) is 23.0 Å². The number of aryl methyl sites for hydroxylation is 1. The first-order valence-electron chi connectivity index (χ1n) is 11.4. The number of imidazole rings is 1. The van der Waals surface area contributed by atoms with E-state index in [4.69, 9.17) is 28.2 Å². The van der Waals surface area contributed by atoms with E-state index < -0.39 is 5.95 Å². The molecule has 0 bridgehead atoms. The third kappa shape index (κ3) is 3.49. The van der Waals surface area contributed by atoms with Crippen molar-refractivity contribution in [3.05, 3.63) is 86.5 Å². The first kappa shape index (κ1) is 22.3. The van der Waals surface area contributed by atoms with Crippen LogP contribution in [0.2, 0.25) is 10.2 Å². The third-order valence-electron chi connectivity index (χ3n) is 6.87. The molecule has 3 atom stereocenters. The van der Waals surface area contributed by atoms with E-state index in [2.05, 4.69) is 30.5 Å². The SMILES string of the molecule is Cc1ccc(-c2nc(C3C4CC4c4nc(-c5cc(Cl)ccc5-n5cnnn5)cc(=O)n43)[nH]c2Cl)c(F)n1. The molecular weight excluding hydrogens is 520 g/mol. The summed E-state index contributed by atoms with van der Waals surface area (Å²) in [5.74, 6) is 0.722. The van der Waals surface area contributed by atoms with Crippen LogP contribution in [-0.4, -0.2) is 44.7 Å². The zero-order chi connectivity index (χ0) is 25.4. The maximum Gasteiger partial charge on any atom is 0.254 e. The number of aromatic amines is 1. The number of hydrogen-bond acceptors (Lipinski definition) is 7. The lowest BCUT2D eigenvalue weighted by Crippen LogP contribution is -2.27. The fourth-order valence-electron chi connectivity index (χ4n) is 5.14. The normalized spacial score (nSPS) is 19.6. The Morgan fingerprint density at radius 3 is 2.73 bits per heavy atom. The lowest BCUT2D eigenvalue weighted by molar-refractivity contribution is 0.509. The van der Waals surface area contributed by atoms with E-state index in [1.807, 2.05) is 0 Å².